The molecule has 1 aliphatic rings. The van der Waals surface area contributed by atoms with E-state index in [-0.39, 0.29) is 5.92 Å². The molecule has 1 fully saturated rings. The van der Waals surface area contributed by atoms with Crippen LogP contribution >= 0.6 is 0 Å². The molecular formula is C11H20O3. The van der Waals surface area contributed by atoms with Crippen LogP contribution in [-0.4, -0.2) is 23.3 Å². The van der Waals surface area contributed by atoms with Crippen LogP contribution in [0, 0.1) is 5.92 Å². The van der Waals surface area contributed by atoms with Gasteiger partial charge in [0.15, 0.2) is 5.60 Å². The SMILES string of the molecule is CCOC(=O)[C@@](C)(O)C1CCCCC1. The van der Waals surface area contributed by atoms with Crippen LogP contribution in [0.1, 0.15) is 46.0 Å². The maximum absolute atomic E-state index is 11.5. The van der Waals surface area contributed by atoms with E-state index in [9.17, 15) is 9.90 Å². The number of carbonyl (C=O) groups excluding carboxylic acids is 1. The number of aliphatic hydroxyl groups is 1. The van der Waals surface area contributed by atoms with E-state index in [1.54, 1.807) is 13.8 Å². The summed E-state index contributed by atoms with van der Waals surface area (Å²) in [5, 5.41) is 10.1. The molecule has 3 nitrogen and oxygen atoms in total. The minimum Gasteiger partial charge on any atom is -0.464 e. The summed E-state index contributed by atoms with van der Waals surface area (Å²) in [4.78, 5) is 11.5. The van der Waals surface area contributed by atoms with Crippen LogP contribution in [0.4, 0.5) is 0 Å². The molecular weight excluding hydrogens is 180 g/mol. The van der Waals surface area contributed by atoms with E-state index >= 15 is 0 Å². The summed E-state index contributed by atoms with van der Waals surface area (Å²) in [7, 11) is 0. The quantitative estimate of drug-likeness (QED) is 0.707. The summed E-state index contributed by atoms with van der Waals surface area (Å²) in [6.45, 7) is 3.68. The number of rotatable bonds is 3. The highest BCUT2D eigenvalue weighted by Crippen LogP contribution is 2.33. The molecule has 82 valence electrons. The Morgan fingerprint density at radius 2 is 2.00 bits per heavy atom. The highest BCUT2D eigenvalue weighted by molar-refractivity contribution is 5.79. The Morgan fingerprint density at radius 3 is 2.50 bits per heavy atom. The summed E-state index contributed by atoms with van der Waals surface area (Å²) in [6, 6.07) is 0. The lowest BCUT2D eigenvalue weighted by molar-refractivity contribution is -0.170. The van der Waals surface area contributed by atoms with E-state index in [1.807, 2.05) is 0 Å². The number of esters is 1. The fourth-order valence-corrected chi connectivity index (χ4v) is 2.11. The van der Waals surface area contributed by atoms with Gasteiger partial charge in [-0.1, -0.05) is 19.3 Å². The Hall–Kier alpha value is -0.570. The molecule has 0 spiro atoms. The fourth-order valence-electron chi connectivity index (χ4n) is 2.11. The highest BCUT2D eigenvalue weighted by atomic mass is 16.5. The third-order valence-electron chi connectivity index (χ3n) is 3.09. The van der Waals surface area contributed by atoms with Crippen molar-refractivity contribution < 1.29 is 14.6 Å². The van der Waals surface area contributed by atoms with E-state index in [1.165, 1.54) is 6.42 Å². The molecule has 1 atom stereocenters. The van der Waals surface area contributed by atoms with Crippen molar-refractivity contribution in [1.29, 1.82) is 0 Å². The average Bonchev–Trinajstić information content (AvgIpc) is 2.19. The van der Waals surface area contributed by atoms with Crippen LogP contribution < -0.4 is 0 Å². The van der Waals surface area contributed by atoms with Crippen molar-refractivity contribution in [1.82, 2.24) is 0 Å². The van der Waals surface area contributed by atoms with Gasteiger partial charge in [0, 0.05) is 0 Å². The molecule has 0 bridgehead atoms. The molecule has 0 unspecified atom stereocenters. The molecule has 0 radical (unpaired) electrons. The van der Waals surface area contributed by atoms with Crippen LogP contribution in [0.2, 0.25) is 0 Å². The average molecular weight is 200 g/mol. The van der Waals surface area contributed by atoms with Gasteiger partial charge in [0.25, 0.3) is 0 Å². The predicted molar refractivity (Wildman–Crippen MR) is 53.8 cm³/mol. The summed E-state index contributed by atoms with van der Waals surface area (Å²) in [6.07, 6.45) is 5.31. The van der Waals surface area contributed by atoms with E-state index in [4.69, 9.17) is 4.74 Å². The molecule has 0 aromatic carbocycles. The normalized spacial score (nSPS) is 22.8. The molecule has 14 heavy (non-hydrogen) atoms. The van der Waals surface area contributed by atoms with Crippen molar-refractivity contribution in [2.45, 2.75) is 51.6 Å². The molecule has 0 aliphatic heterocycles. The Labute approximate surface area is 85.5 Å². The Bertz CT molecular complexity index is 193. The first-order valence-corrected chi connectivity index (χ1v) is 5.48. The van der Waals surface area contributed by atoms with Gasteiger partial charge >= 0.3 is 5.97 Å². The Balaban J connectivity index is 2.57. The molecule has 1 rings (SSSR count). The third-order valence-corrected chi connectivity index (χ3v) is 3.09. The third kappa shape index (κ3) is 2.47. The first-order valence-electron chi connectivity index (χ1n) is 5.48. The zero-order valence-electron chi connectivity index (χ0n) is 9.08. The molecule has 0 saturated heterocycles. The Kier molecular flexibility index (Phi) is 3.93. The largest absolute Gasteiger partial charge is 0.464 e. The van der Waals surface area contributed by atoms with E-state index in [0.717, 1.165) is 25.7 Å². The molecule has 0 aromatic rings. The van der Waals surface area contributed by atoms with Gasteiger partial charge in [0.1, 0.15) is 0 Å². The second-order valence-electron chi connectivity index (χ2n) is 4.20. The number of carbonyl (C=O) groups is 1. The molecule has 1 N–H and O–H groups in total. The van der Waals surface area contributed by atoms with Gasteiger partial charge in [-0.15, -0.1) is 0 Å². The van der Waals surface area contributed by atoms with Gasteiger partial charge < -0.3 is 9.84 Å². The number of hydrogen-bond donors (Lipinski definition) is 1. The van der Waals surface area contributed by atoms with Crippen LogP contribution in [0.25, 0.3) is 0 Å². The maximum Gasteiger partial charge on any atom is 0.338 e. The standard InChI is InChI=1S/C11H20O3/c1-3-14-10(12)11(2,13)9-7-5-4-6-8-9/h9,13H,3-8H2,1-2H3/t11-/m0/s1. The zero-order valence-corrected chi connectivity index (χ0v) is 9.08. The zero-order chi connectivity index (χ0) is 10.6. The van der Waals surface area contributed by atoms with Crippen molar-refractivity contribution in [2.75, 3.05) is 6.61 Å². The van der Waals surface area contributed by atoms with Crippen molar-refractivity contribution in [2.24, 2.45) is 5.92 Å². The second-order valence-corrected chi connectivity index (χ2v) is 4.20. The van der Waals surface area contributed by atoms with Gasteiger partial charge in [-0.2, -0.15) is 0 Å². The van der Waals surface area contributed by atoms with Gasteiger partial charge in [-0.3, -0.25) is 0 Å². The van der Waals surface area contributed by atoms with E-state index in [0.29, 0.717) is 6.61 Å². The van der Waals surface area contributed by atoms with Gasteiger partial charge in [0.05, 0.1) is 6.61 Å². The van der Waals surface area contributed by atoms with E-state index < -0.39 is 11.6 Å². The predicted octanol–water partition coefficient (Wildman–Crippen LogP) is 1.88. The first kappa shape index (κ1) is 11.5. The van der Waals surface area contributed by atoms with Gasteiger partial charge in [-0.05, 0) is 32.6 Å². The van der Waals surface area contributed by atoms with Gasteiger partial charge in [-0.25, -0.2) is 4.79 Å². The molecule has 1 aliphatic carbocycles. The molecule has 3 heteroatoms. The van der Waals surface area contributed by atoms with Crippen LogP contribution in [-0.2, 0) is 9.53 Å². The molecule has 0 aromatic heterocycles. The summed E-state index contributed by atoms with van der Waals surface area (Å²) in [5.74, 6) is -0.387. The monoisotopic (exact) mass is 200 g/mol. The lowest BCUT2D eigenvalue weighted by Crippen LogP contribution is -2.45. The Morgan fingerprint density at radius 1 is 1.43 bits per heavy atom. The van der Waals surface area contributed by atoms with Gasteiger partial charge in [0.2, 0.25) is 0 Å². The van der Waals surface area contributed by atoms with Crippen LogP contribution in [0.5, 0.6) is 0 Å². The van der Waals surface area contributed by atoms with Crippen molar-refractivity contribution >= 4 is 5.97 Å². The van der Waals surface area contributed by atoms with Crippen molar-refractivity contribution in [3.63, 3.8) is 0 Å². The molecule has 0 amide bonds. The fraction of sp³-hybridized carbons (Fsp3) is 0.909. The summed E-state index contributed by atoms with van der Waals surface area (Å²) < 4.78 is 4.87. The topological polar surface area (TPSA) is 46.5 Å². The number of ether oxygens (including phenoxy) is 1. The molecule has 0 heterocycles. The highest BCUT2D eigenvalue weighted by Gasteiger charge is 2.40. The minimum atomic E-state index is -1.28. The second kappa shape index (κ2) is 4.78. The van der Waals surface area contributed by atoms with Crippen LogP contribution in [0.15, 0.2) is 0 Å². The summed E-state index contributed by atoms with van der Waals surface area (Å²) in [5.41, 5.74) is -1.28. The minimum absolute atomic E-state index is 0.0790. The van der Waals surface area contributed by atoms with Crippen molar-refractivity contribution in [3.05, 3.63) is 0 Å². The lowest BCUT2D eigenvalue weighted by Gasteiger charge is -2.33. The molecule has 1 saturated carbocycles. The van der Waals surface area contributed by atoms with Crippen molar-refractivity contribution in [3.8, 4) is 0 Å². The lowest BCUT2D eigenvalue weighted by atomic mass is 9.78. The summed E-state index contributed by atoms with van der Waals surface area (Å²) >= 11 is 0. The number of hydrogen-bond acceptors (Lipinski definition) is 3. The van der Waals surface area contributed by atoms with E-state index in [2.05, 4.69) is 0 Å². The van der Waals surface area contributed by atoms with Crippen LogP contribution in [0.3, 0.4) is 0 Å². The smallest absolute Gasteiger partial charge is 0.338 e. The first-order chi connectivity index (χ1) is 6.59. The maximum atomic E-state index is 11.5.